The first kappa shape index (κ1) is 16.1. The first-order chi connectivity index (χ1) is 11.1. The molecule has 0 unspecified atom stereocenters. The normalized spacial score (nSPS) is 13.7. The number of hydrogen-bond donors (Lipinski definition) is 1. The van der Waals surface area contributed by atoms with Crippen LogP contribution in [0.15, 0.2) is 35.7 Å². The third-order valence-electron chi connectivity index (χ3n) is 3.87. The average Bonchev–Trinajstić information content (AvgIpc) is 3.07. The van der Waals surface area contributed by atoms with Crippen molar-refractivity contribution in [3.8, 4) is 0 Å². The Balaban J connectivity index is 1.56. The third-order valence-corrected chi connectivity index (χ3v) is 5.89. The Morgan fingerprint density at radius 3 is 2.87 bits per heavy atom. The van der Waals surface area contributed by atoms with Gasteiger partial charge in [-0.2, -0.15) is 0 Å². The minimum absolute atomic E-state index is 0.152. The molecule has 0 fully saturated rings. The van der Waals surface area contributed by atoms with E-state index in [0.29, 0.717) is 24.4 Å². The Hall–Kier alpha value is -1.79. The van der Waals surface area contributed by atoms with E-state index in [1.807, 2.05) is 22.4 Å². The van der Waals surface area contributed by atoms with E-state index in [1.54, 1.807) is 35.2 Å². The van der Waals surface area contributed by atoms with E-state index in [2.05, 4.69) is 6.07 Å². The number of hydrogen-bond acceptors (Lipinski definition) is 4. The highest BCUT2D eigenvalue weighted by atomic mass is 32.2. The zero-order valence-corrected chi connectivity index (χ0v) is 14.2. The maximum Gasteiger partial charge on any atom is 0.335 e. The van der Waals surface area contributed by atoms with Gasteiger partial charge >= 0.3 is 5.97 Å². The SMILES string of the molecule is O=C(O)c1ccc2c(c1)CCN(C(=O)CSCc1cccs1)C2. The van der Waals surface area contributed by atoms with Crippen molar-refractivity contribution in [2.24, 2.45) is 0 Å². The summed E-state index contributed by atoms with van der Waals surface area (Å²) in [7, 11) is 0. The predicted molar refractivity (Wildman–Crippen MR) is 93.0 cm³/mol. The van der Waals surface area contributed by atoms with E-state index in [9.17, 15) is 9.59 Å². The van der Waals surface area contributed by atoms with Gasteiger partial charge in [0.25, 0.3) is 0 Å². The molecule has 0 saturated heterocycles. The Morgan fingerprint density at radius 2 is 2.13 bits per heavy atom. The van der Waals surface area contributed by atoms with Crippen LogP contribution in [0.25, 0.3) is 0 Å². The van der Waals surface area contributed by atoms with Gasteiger partial charge in [-0.1, -0.05) is 12.1 Å². The second kappa shape index (κ2) is 7.19. The second-order valence-electron chi connectivity index (χ2n) is 5.43. The van der Waals surface area contributed by atoms with E-state index in [0.717, 1.165) is 23.3 Å². The van der Waals surface area contributed by atoms with Crippen molar-refractivity contribution >= 4 is 35.0 Å². The fourth-order valence-electron chi connectivity index (χ4n) is 2.62. The van der Waals surface area contributed by atoms with Crippen LogP contribution in [0.1, 0.15) is 26.4 Å². The highest BCUT2D eigenvalue weighted by molar-refractivity contribution is 7.99. The van der Waals surface area contributed by atoms with Gasteiger partial charge in [-0.15, -0.1) is 23.1 Å². The predicted octanol–water partition coefficient (Wildman–Crippen LogP) is 3.26. The molecule has 0 saturated carbocycles. The molecule has 1 aliphatic heterocycles. The highest BCUT2D eigenvalue weighted by Gasteiger charge is 2.21. The van der Waals surface area contributed by atoms with Crippen molar-refractivity contribution in [2.75, 3.05) is 12.3 Å². The number of carboxylic acids is 1. The molecule has 0 bridgehead atoms. The fraction of sp³-hybridized carbons (Fsp3) is 0.294. The number of rotatable bonds is 5. The first-order valence-corrected chi connectivity index (χ1v) is 9.40. The summed E-state index contributed by atoms with van der Waals surface area (Å²) in [6.45, 7) is 1.24. The Kier molecular flexibility index (Phi) is 5.03. The standard InChI is InChI=1S/C17H17NO3S2/c19-16(11-22-10-15-2-1-7-23-15)18-6-5-12-8-13(17(20)21)3-4-14(12)9-18/h1-4,7-8H,5-6,9-11H2,(H,20,21). The quantitative estimate of drug-likeness (QED) is 0.902. The molecule has 6 heteroatoms. The number of amides is 1. The maximum atomic E-state index is 12.3. The number of aromatic carboxylic acids is 1. The van der Waals surface area contributed by atoms with Crippen LogP contribution >= 0.6 is 23.1 Å². The summed E-state index contributed by atoms with van der Waals surface area (Å²) in [5.74, 6) is 0.604. The summed E-state index contributed by atoms with van der Waals surface area (Å²) in [6.07, 6.45) is 0.720. The van der Waals surface area contributed by atoms with Gasteiger partial charge in [0.1, 0.15) is 0 Å². The summed E-state index contributed by atoms with van der Waals surface area (Å²) in [6, 6.07) is 9.28. The summed E-state index contributed by atoms with van der Waals surface area (Å²) in [5.41, 5.74) is 2.41. The molecule has 0 atom stereocenters. The van der Waals surface area contributed by atoms with Gasteiger partial charge in [-0.25, -0.2) is 4.79 Å². The van der Waals surface area contributed by atoms with Crippen molar-refractivity contribution in [3.05, 3.63) is 57.3 Å². The molecule has 1 aromatic heterocycles. The molecule has 1 N–H and O–H groups in total. The molecule has 3 rings (SSSR count). The molecule has 0 aliphatic carbocycles. The Morgan fingerprint density at radius 1 is 1.26 bits per heavy atom. The number of carbonyl (C=O) groups excluding carboxylic acids is 1. The van der Waals surface area contributed by atoms with Crippen LogP contribution in [0, 0.1) is 0 Å². The number of fused-ring (bicyclic) bond motifs is 1. The molecule has 1 amide bonds. The van der Waals surface area contributed by atoms with Gasteiger partial charge in [0.15, 0.2) is 0 Å². The topological polar surface area (TPSA) is 57.6 Å². The van der Waals surface area contributed by atoms with Crippen LogP contribution < -0.4 is 0 Å². The van der Waals surface area contributed by atoms with Crippen molar-refractivity contribution in [2.45, 2.75) is 18.7 Å². The number of carbonyl (C=O) groups is 2. The summed E-state index contributed by atoms with van der Waals surface area (Å²) >= 11 is 3.35. The van der Waals surface area contributed by atoms with Gasteiger partial charge in [-0.3, -0.25) is 4.79 Å². The van der Waals surface area contributed by atoms with Gasteiger partial charge in [0.05, 0.1) is 11.3 Å². The molecule has 23 heavy (non-hydrogen) atoms. The van der Waals surface area contributed by atoms with E-state index in [-0.39, 0.29) is 5.91 Å². The maximum absolute atomic E-state index is 12.3. The molecule has 0 radical (unpaired) electrons. The van der Waals surface area contributed by atoms with Gasteiger partial charge < -0.3 is 10.0 Å². The van der Waals surface area contributed by atoms with E-state index in [1.165, 1.54) is 4.88 Å². The minimum atomic E-state index is -0.906. The van der Waals surface area contributed by atoms with Crippen molar-refractivity contribution in [3.63, 3.8) is 0 Å². The largest absolute Gasteiger partial charge is 0.478 e. The van der Waals surface area contributed by atoms with Crippen LogP contribution in [-0.2, 0) is 23.5 Å². The van der Waals surface area contributed by atoms with Gasteiger partial charge in [-0.05, 0) is 41.1 Å². The lowest BCUT2D eigenvalue weighted by Crippen LogP contribution is -2.37. The van der Waals surface area contributed by atoms with Crippen LogP contribution in [0.4, 0.5) is 0 Å². The molecule has 120 valence electrons. The monoisotopic (exact) mass is 347 g/mol. The van der Waals surface area contributed by atoms with Gasteiger partial charge in [0, 0.05) is 23.7 Å². The van der Waals surface area contributed by atoms with Gasteiger partial charge in [0.2, 0.25) is 5.91 Å². The number of thioether (sulfide) groups is 1. The molecule has 0 spiro atoms. The zero-order chi connectivity index (χ0) is 16.2. The molecule has 2 heterocycles. The third kappa shape index (κ3) is 3.95. The molecular weight excluding hydrogens is 330 g/mol. The van der Waals surface area contributed by atoms with E-state index in [4.69, 9.17) is 5.11 Å². The molecule has 2 aromatic rings. The molecule has 1 aliphatic rings. The van der Waals surface area contributed by atoms with Crippen LogP contribution in [-0.4, -0.2) is 34.2 Å². The zero-order valence-electron chi connectivity index (χ0n) is 12.5. The molecule has 4 nitrogen and oxygen atoms in total. The summed E-state index contributed by atoms with van der Waals surface area (Å²) in [4.78, 5) is 26.5. The fourth-order valence-corrected chi connectivity index (χ4v) is 4.39. The lowest BCUT2D eigenvalue weighted by atomic mass is 9.97. The van der Waals surface area contributed by atoms with Crippen molar-refractivity contribution in [1.82, 2.24) is 4.90 Å². The Labute approximate surface area is 143 Å². The lowest BCUT2D eigenvalue weighted by molar-refractivity contribution is -0.129. The van der Waals surface area contributed by atoms with Crippen LogP contribution in [0.2, 0.25) is 0 Å². The average molecular weight is 347 g/mol. The highest BCUT2D eigenvalue weighted by Crippen LogP contribution is 2.22. The Bertz CT molecular complexity index is 713. The summed E-state index contributed by atoms with van der Waals surface area (Å²) < 4.78 is 0. The molecule has 1 aromatic carbocycles. The van der Waals surface area contributed by atoms with Crippen molar-refractivity contribution < 1.29 is 14.7 Å². The lowest BCUT2D eigenvalue weighted by Gasteiger charge is -2.29. The minimum Gasteiger partial charge on any atom is -0.478 e. The van der Waals surface area contributed by atoms with Crippen LogP contribution in [0.5, 0.6) is 0 Å². The number of thiophene rings is 1. The van der Waals surface area contributed by atoms with Crippen molar-refractivity contribution in [1.29, 1.82) is 0 Å². The van der Waals surface area contributed by atoms with E-state index < -0.39 is 5.97 Å². The number of carboxylic acid groups (broad SMARTS) is 1. The number of nitrogens with zero attached hydrogens (tertiary/aromatic N) is 1. The smallest absolute Gasteiger partial charge is 0.335 e. The first-order valence-electron chi connectivity index (χ1n) is 7.36. The van der Waals surface area contributed by atoms with E-state index >= 15 is 0 Å². The second-order valence-corrected chi connectivity index (χ2v) is 7.44. The summed E-state index contributed by atoms with van der Waals surface area (Å²) in [5, 5.41) is 11.1. The number of benzene rings is 1. The molecular formula is C17H17NO3S2. The van der Waals surface area contributed by atoms with Crippen LogP contribution in [0.3, 0.4) is 0 Å².